The van der Waals surface area contributed by atoms with Gasteiger partial charge in [-0.25, -0.2) is 4.39 Å². The molecule has 1 heterocycles. The van der Waals surface area contributed by atoms with Crippen LogP contribution in [-0.4, -0.2) is 54.4 Å². The SMILES string of the molecule is O[C@@H]1[C@@H](NCCCN2CCCCC2)CCC[C@H]1Oc1ccc(F)cc1. The van der Waals surface area contributed by atoms with Gasteiger partial charge in [-0.05, 0) is 89.0 Å². The van der Waals surface area contributed by atoms with E-state index in [2.05, 4.69) is 10.2 Å². The first-order valence-corrected chi connectivity index (χ1v) is 9.78. The molecule has 1 aliphatic heterocycles. The second kappa shape index (κ2) is 9.51. The van der Waals surface area contributed by atoms with Gasteiger partial charge in [0.1, 0.15) is 23.8 Å². The summed E-state index contributed by atoms with van der Waals surface area (Å²) in [5, 5.41) is 14.1. The van der Waals surface area contributed by atoms with Crippen LogP contribution in [0, 0.1) is 5.82 Å². The Balaban J connectivity index is 1.40. The Hall–Kier alpha value is -1.17. The van der Waals surface area contributed by atoms with Crippen molar-refractivity contribution < 1.29 is 14.2 Å². The monoisotopic (exact) mass is 350 g/mol. The minimum atomic E-state index is -0.520. The fraction of sp³-hybridized carbons (Fsp3) is 0.700. The van der Waals surface area contributed by atoms with E-state index in [1.54, 1.807) is 12.1 Å². The number of benzene rings is 1. The Bertz CT molecular complexity index is 505. The van der Waals surface area contributed by atoms with Gasteiger partial charge in [-0.15, -0.1) is 0 Å². The van der Waals surface area contributed by atoms with Crippen molar-refractivity contribution in [3.05, 3.63) is 30.1 Å². The topological polar surface area (TPSA) is 44.7 Å². The maximum absolute atomic E-state index is 13.0. The molecule has 0 aromatic heterocycles. The fourth-order valence-corrected chi connectivity index (χ4v) is 3.95. The number of aliphatic hydroxyl groups is 1. The second-order valence-corrected chi connectivity index (χ2v) is 7.35. The van der Waals surface area contributed by atoms with E-state index in [4.69, 9.17) is 4.74 Å². The molecule has 3 rings (SSSR count). The number of likely N-dealkylation sites (tertiary alicyclic amines) is 1. The summed E-state index contributed by atoms with van der Waals surface area (Å²) in [5.74, 6) is 0.348. The summed E-state index contributed by atoms with van der Waals surface area (Å²) in [5.41, 5.74) is 0. The van der Waals surface area contributed by atoms with Gasteiger partial charge in [0.2, 0.25) is 0 Å². The maximum atomic E-state index is 13.0. The number of nitrogens with one attached hydrogen (secondary N) is 1. The number of piperidine rings is 1. The fourth-order valence-electron chi connectivity index (χ4n) is 3.95. The molecule has 1 saturated carbocycles. The Morgan fingerprint density at radius 2 is 1.84 bits per heavy atom. The van der Waals surface area contributed by atoms with Crippen LogP contribution in [0.4, 0.5) is 4.39 Å². The van der Waals surface area contributed by atoms with Crippen LogP contribution in [0.2, 0.25) is 0 Å². The third-order valence-corrected chi connectivity index (χ3v) is 5.40. The van der Waals surface area contributed by atoms with Gasteiger partial charge in [-0.2, -0.15) is 0 Å². The molecule has 0 amide bonds. The zero-order valence-corrected chi connectivity index (χ0v) is 15.0. The molecular weight excluding hydrogens is 319 g/mol. The Morgan fingerprint density at radius 3 is 2.60 bits per heavy atom. The highest BCUT2D eigenvalue weighted by atomic mass is 19.1. The van der Waals surface area contributed by atoms with Gasteiger partial charge in [-0.3, -0.25) is 0 Å². The third kappa shape index (κ3) is 5.66. The second-order valence-electron chi connectivity index (χ2n) is 7.35. The van der Waals surface area contributed by atoms with Gasteiger partial charge in [0.05, 0.1) is 0 Å². The van der Waals surface area contributed by atoms with E-state index in [1.807, 2.05) is 0 Å². The van der Waals surface area contributed by atoms with Crippen LogP contribution < -0.4 is 10.1 Å². The van der Waals surface area contributed by atoms with Crippen LogP contribution in [0.25, 0.3) is 0 Å². The van der Waals surface area contributed by atoms with Gasteiger partial charge in [0.15, 0.2) is 0 Å². The normalized spacial score (nSPS) is 28.0. The van der Waals surface area contributed by atoms with Crippen molar-refractivity contribution in [2.75, 3.05) is 26.2 Å². The zero-order chi connectivity index (χ0) is 17.5. The summed E-state index contributed by atoms with van der Waals surface area (Å²) in [4.78, 5) is 2.54. The minimum absolute atomic E-state index is 0.0838. The van der Waals surface area contributed by atoms with E-state index >= 15 is 0 Å². The quantitative estimate of drug-likeness (QED) is 0.742. The van der Waals surface area contributed by atoms with Crippen molar-refractivity contribution in [3.63, 3.8) is 0 Å². The molecule has 0 radical (unpaired) electrons. The van der Waals surface area contributed by atoms with Gasteiger partial charge in [0, 0.05) is 6.04 Å². The van der Waals surface area contributed by atoms with E-state index in [9.17, 15) is 9.50 Å². The van der Waals surface area contributed by atoms with Crippen LogP contribution >= 0.6 is 0 Å². The highest BCUT2D eigenvalue weighted by molar-refractivity contribution is 5.22. The summed E-state index contributed by atoms with van der Waals surface area (Å²) in [6, 6.07) is 6.11. The predicted molar refractivity (Wildman–Crippen MR) is 97.4 cm³/mol. The Labute approximate surface area is 150 Å². The Kier molecular flexibility index (Phi) is 7.08. The van der Waals surface area contributed by atoms with E-state index in [0.717, 1.165) is 38.8 Å². The first-order valence-electron chi connectivity index (χ1n) is 9.78. The third-order valence-electron chi connectivity index (χ3n) is 5.40. The molecule has 2 fully saturated rings. The van der Waals surface area contributed by atoms with E-state index in [-0.39, 0.29) is 18.0 Å². The molecule has 140 valence electrons. The Morgan fingerprint density at radius 1 is 1.08 bits per heavy atom. The lowest BCUT2D eigenvalue weighted by atomic mass is 9.89. The smallest absolute Gasteiger partial charge is 0.126 e. The lowest BCUT2D eigenvalue weighted by molar-refractivity contribution is -0.0154. The van der Waals surface area contributed by atoms with Gasteiger partial charge in [0.25, 0.3) is 0 Å². The number of hydrogen-bond donors (Lipinski definition) is 2. The molecule has 0 bridgehead atoms. The lowest BCUT2D eigenvalue weighted by Gasteiger charge is -2.35. The van der Waals surface area contributed by atoms with Gasteiger partial charge in [-0.1, -0.05) is 6.42 Å². The van der Waals surface area contributed by atoms with Crippen LogP contribution in [0.5, 0.6) is 5.75 Å². The van der Waals surface area contributed by atoms with Crippen molar-refractivity contribution in [2.45, 2.75) is 63.2 Å². The average Bonchev–Trinajstić information content (AvgIpc) is 2.64. The molecule has 2 N–H and O–H groups in total. The molecule has 1 saturated heterocycles. The number of hydrogen-bond acceptors (Lipinski definition) is 4. The zero-order valence-electron chi connectivity index (χ0n) is 15.0. The van der Waals surface area contributed by atoms with Crippen LogP contribution in [0.1, 0.15) is 44.9 Å². The first-order chi connectivity index (χ1) is 12.2. The van der Waals surface area contributed by atoms with Crippen LogP contribution in [0.3, 0.4) is 0 Å². The largest absolute Gasteiger partial charge is 0.488 e. The van der Waals surface area contributed by atoms with E-state index < -0.39 is 6.10 Å². The summed E-state index contributed by atoms with van der Waals surface area (Å²) < 4.78 is 18.9. The highest BCUT2D eigenvalue weighted by Crippen LogP contribution is 2.24. The van der Waals surface area contributed by atoms with Crippen LogP contribution in [0.15, 0.2) is 24.3 Å². The summed E-state index contributed by atoms with van der Waals surface area (Å²) in [6.07, 6.45) is 7.26. The molecule has 1 aromatic carbocycles. The number of ether oxygens (including phenoxy) is 1. The summed E-state index contributed by atoms with van der Waals surface area (Å²) in [6.45, 7) is 4.55. The first kappa shape index (κ1) is 18.6. The van der Waals surface area contributed by atoms with E-state index in [1.165, 1.54) is 44.5 Å². The minimum Gasteiger partial charge on any atom is -0.488 e. The number of rotatable bonds is 7. The van der Waals surface area contributed by atoms with Crippen molar-refractivity contribution in [1.82, 2.24) is 10.2 Å². The molecule has 0 unspecified atom stereocenters. The predicted octanol–water partition coefficient (Wildman–Crippen LogP) is 2.95. The molecule has 4 nitrogen and oxygen atoms in total. The molecule has 5 heteroatoms. The van der Waals surface area contributed by atoms with Crippen molar-refractivity contribution in [3.8, 4) is 5.75 Å². The molecule has 2 aliphatic rings. The van der Waals surface area contributed by atoms with Crippen molar-refractivity contribution in [2.24, 2.45) is 0 Å². The van der Waals surface area contributed by atoms with E-state index in [0.29, 0.717) is 5.75 Å². The summed E-state index contributed by atoms with van der Waals surface area (Å²) >= 11 is 0. The maximum Gasteiger partial charge on any atom is 0.126 e. The summed E-state index contributed by atoms with van der Waals surface area (Å²) in [7, 11) is 0. The lowest BCUT2D eigenvalue weighted by Crippen LogP contribution is -2.51. The molecule has 0 spiro atoms. The number of nitrogens with zero attached hydrogens (tertiary/aromatic N) is 1. The molecule has 3 atom stereocenters. The van der Waals surface area contributed by atoms with Crippen molar-refractivity contribution >= 4 is 0 Å². The highest BCUT2D eigenvalue weighted by Gasteiger charge is 2.33. The molecular formula is C20H31FN2O2. The average molecular weight is 350 g/mol. The van der Waals surface area contributed by atoms with Gasteiger partial charge < -0.3 is 20.1 Å². The molecule has 25 heavy (non-hydrogen) atoms. The number of aliphatic hydroxyl groups excluding tert-OH is 1. The number of halogens is 1. The van der Waals surface area contributed by atoms with Gasteiger partial charge >= 0.3 is 0 Å². The van der Waals surface area contributed by atoms with Crippen molar-refractivity contribution in [1.29, 1.82) is 0 Å². The van der Waals surface area contributed by atoms with Crippen LogP contribution in [-0.2, 0) is 0 Å². The molecule has 1 aromatic rings. The molecule has 1 aliphatic carbocycles. The standard InChI is InChI=1S/C20H31FN2O2/c21-16-8-10-17(11-9-16)25-19-7-4-6-18(20(19)24)22-12-5-15-23-13-2-1-3-14-23/h8-11,18-20,22,24H,1-7,12-15H2/t18-,19+,20+/m0/s1.